The molecule has 0 bridgehead atoms. The molecule has 1 heterocycles. The quantitative estimate of drug-likeness (QED) is 0.848. The molecule has 1 aromatic carbocycles. The van der Waals surface area contributed by atoms with Crippen molar-refractivity contribution in [2.45, 2.75) is 12.8 Å². The van der Waals surface area contributed by atoms with Crippen LogP contribution in [0, 0.1) is 5.82 Å². The molecule has 0 spiro atoms. The molecule has 0 amide bonds. The van der Waals surface area contributed by atoms with Crippen LogP contribution in [0.15, 0.2) is 22.6 Å². The number of nitrogens with one attached hydrogen (secondary N) is 1. The Bertz CT molecular complexity index is 530. The molecule has 0 aliphatic heterocycles. The van der Waals surface area contributed by atoms with Crippen molar-refractivity contribution < 1.29 is 8.81 Å². The lowest BCUT2D eigenvalue weighted by Gasteiger charge is -1.97. The van der Waals surface area contributed by atoms with Crippen molar-refractivity contribution in [1.82, 2.24) is 15.5 Å². The van der Waals surface area contributed by atoms with E-state index < -0.39 is 5.82 Å². The molecule has 0 fully saturated rings. The van der Waals surface area contributed by atoms with Crippen molar-refractivity contribution >= 4 is 11.6 Å². The van der Waals surface area contributed by atoms with E-state index in [4.69, 9.17) is 16.0 Å². The molecule has 0 radical (unpaired) electrons. The third kappa shape index (κ3) is 3.05. The van der Waals surface area contributed by atoms with Gasteiger partial charge >= 0.3 is 0 Å². The lowest BCUT2D eigenvalue weighted by molar-refractivity contribution is 0.494. The molecule has 18 heavy (non-hydrogen) atoms. The Morgan fingerprint density at radius 3 is 2.94 bits per heavy atom. The number of hydrogen-bond donors (Lipinski definition) is 1. The molecule has 2 aromatic rings. The van der Waals surface area contributed by atoms with Gasteiger partial charge in [-0.3, -0.25) is 0 Å². The lowest BCUT2D eigenvalue weighted by Crippen LogP contribution is -2.08. The number of hydrogen-bond acceptors (Lipinski definition) is 4. The minimum absolute atomic E-state index is 0.0439. The highest BCUT2D eigenvalue weighted by Crippen LogP contribution is 2.24. The summed E-state index contributed by atoms with van der Waals surface area (Å²) in [6, 6.07) is 4.32. The van der Waals surface area contributed by atoms with E-state index in [9.17, 15) is 4.39 Å². The van der Waals surface area contributed by atoms with E-state index in [1.54, 1.807) is 6.07 Å². The standard InChI is InChI=1S/C12H13ClFN3O/c1-15-6-2-3-11-16-17-12(18-11)8-4-5-10(14)9(13)7-8/h4-5,7,15H,2-3,6H2,1H3. The summed E-state index contributed by atoms with van der Waals surface area (Å²) in [5.41, 5.74) is 0.619. The van der Waals surface area contributed by atoms with Crippen molar-refractivity contribution in [2.24, 2.45) is 0 Å². The Hall–Kier alpha value is -1.46. The summed E-state index contributed by atoms with van der Waals surface area (Å²) in [5.74, 6) is 0.464. The van der Waals surface area contributed by atoms with Gasteiger partial charge in [-0.2, -0.15) is 0 Å². The van der Waals surface area contributed by atoms with Gasteiger partial charge in [-0.1, -0.05) is 11.6 Å². The fourth-order valence-electron chi connectivity index (χ4n) is 1.52. The third-order valence-electron chi connectivity index (χ3n) is 2.45. The van der Waals surface area contributed by atoms with Gasteiger partial charge in [0.15, 0.2) is 0 Å². The first-order valence-electron chi connectivity index (χ1n) is 5.63. The highest BCUT2D eigenvalue weighted by Gasteiger charge is 2.10. The minimum atomic E-state index is -0.464. The summed E-state index contributed by atoms with van der Waals surface area (Å²) in [4.78, 5) is 0. The van der Waals surface area contributed by atoms with E-state index in [1.807, 2.05) is 7.05 Å². The largest absolute Gasteiger partial charge is 0.421 e. The van der Waals surface area contributed by atoms with Crippen LogP contribution < -0.4 is 5.32 Å². The summed E-state index contributed by atoms with van der Waals surface area (Å²) in [6.07, 6.45) is 1.63. The van der Waals surface area contributed by atoms with E-state index in [-0.39, 0.29) is 5.02 Å². The third-order valence-corrected chi connectivity index (χ3v) is 2.74. The first kappa shape index (κ1) is 13.0. The summed E-state index contributed by atoms with van der Waals surface area (Å²) >= 11 is 5.70. The van der Waals surface area contributed by atoms with Crippen LogP contribution in [-0.2, 0) is 6.42 Å². The van der Waals surface area contributed by atoms with Crippen LogP contribution in [0.5, 0.6) is 0 Å². The van der Waals surface area contributed by atoms with Crippen LogP contribution >= 0.6 is 11.6 Å². The monoisotopic (exact) mass is 269 g/mol. The molecule has 1 N–H and O–H groups in total. The predicted molar refractivity (Wildman–Crippen MR) is 66.9 cm³/mol. The highest BCUT2D eigenvalue weighted by molar-refractivity contribution is 6.31. The molecule has 0 aliphatic carbocycles. The number of nitrogens with zero attached hydrogens (tertiary/aromatic N) is 2. The molecule has 2 rings (SSSR count). The lowest BCUT2D eigenvalue weighted by atomic mass is 10.2. The van der Waals surface area contributed by atoms with Gasteiger partial charge in [0.05, 0.1) is 5.02 Å². The molecule has 0 saturated heterocycles. The number of halogens is 2. The second-order valence-corrected chi connectivity index (χ2v) is 4.24. The molecule has 96 valence electrons. The number of aryl methyl sites for hydroxylation is 1. The van der Waals surface area contributed by atoms with Gasteiger partial charge in [0.2, 0.25) is 11.8 Å². The Labute approximate surface area is 109 Å². The van der Waals surface area contributed by atoms with Gasteiger partial charge in [-0.05, 0) is 38.2 Å². The first-order valence-corrected chi connectivity index (χ1v) is 6.01. The van der Waals surface area contributed by atoms with Crippen LogP contribution in [-0.4, -0.2) is 23.8 Å². The van der Waals surface area contributed by atoms with Gasteiger partial charge in [-0.15, -0.1) is 10.2 Å². The Morgan fingerprint density at radius 2 is 2.22 bits per heavy atom. The van der Waals surface area contributed by atoms with Gasteiger partial charge in [-0.25, -0.2) is 4.39 Å². The second kappa shape index (κ2) is 5.93. The van der Waals surface area contributed by atoms with E-state index >= 15 is 0 Å². The molecular weight excluding hydrogens is 257 g/mol. The van der Waals surface area contributed by atoms with Gasteiger partial charge in [0, 0.05) is 12.0 Å². The van der Waals surface area contributed by atoms with Crippen molar-refractivity contribution in [3.63, 3.8) is 0 Å². The van der Waals surface area contributed by atoms with Crippen molar-refractivity contribution in [1.29, 1.82) is 0 Å². The zero-order valence-electron chi connectivity index (χ0n) is 9.91. The van der Waals surface area contributed by atoms with Crippen LogP contribution in [0.2, 0.25) is 5.02 Å². The van der Waals surface area contributed by atoms with E-state index in [2.05, 4.69) is 15.5 Å². The van der Waals surface area contributed by atoms with Crippen LogP contribution in [0.4, 0.5) is 4.39 Å². The van der Waals surface area contributed by atoms with Crippen molar-refractivity contribution in [2.75, 3.05) is 13.6 Å². The Balaban J connectivity index is 2.11. The maximum atomic E-state index is 13.0. The molecule has 6 heteroatoms. The molecular formula is C12H13ClFN3O. The molecule has 4 nitrogen and oxygen atoms in total. The molecule has 0 atom stereocenters. The average molecular weight is 270 g/mol. The maximum Gasteiger partial charge on any atom is 0.247 e. The highest BCUT2D eigenvalue weighted by atomic mass is 35.5. The molecule has 0 unspecified atom stereocenters. The smallest absolute Gasteiger partial charge is 0.247 e. The molecule has 0 saturated carbocycles. The summed E-state index contributed by atoms with van der Waals surface area (Å²) in [6.45, 7) is 0.889. The SMILES string of the molecule is CNCCCc1nnc(-c2ccc(F)c(Cl)c2)o1. The Morgan fingerprint density at radius 1 is 1.39 bits per heavy atom. The van der Waals surface area contributed by atoms with E-state index in [0.29, 0.717) is 23.8 Å². The number of benzene rings is 1. The maximum absolute atomic E-state index is 13.0. The predicted octanol–water partition coefficient (Wildman–Crippen LogP) is 2.68. The van der Waals surface area contributed by atoms with Crippen LogP contribution in [0.1, 0.15) is 12.3 Å². The fourth-order valence-corrected chi connectivity index (χ4v) is 1.70. The van der Waals surface area contributed by atoms with Gasteiger partial charge in [0.25, 0.3) is 0 Å². The van der Waals surface area contributed by atoms with Gasteiger partial charge in [0.1, 0.15) is 5.82 Å². The zero-order chi connectivity index (χ0) is 13.0. The fraction of sp³-hybridized carbons (Fsp3) is 0.333. The average Bonchev–Trinajstić information content (AvgIpc) is 2.82. The normalized spacial score (nSPS) is 10.8. The molecule has 0 aliphatic rings. The summed E-state index contributed by atoms with van der Waals surface area (Å²) in [5, 5.41) is 10.9. The van der Waals surface area contributed by atoms with Crippen LogP contribution in [0.25, 0.3) is 11.5 Å². The van der Waals surface area contributed by atoms with Crippen LogP contribution in [0.3, 0.4) is 0 Å². The van der Waals surface area contributed by atoms with Crippen molar-refractivity contribution in [3.8, 4) is 11.5 Å². The number of aromatic nitrogens is 2. The Kier molecular flexibility index (Phi) is 4.28. The van der Waals surface area contributed by atoms with Crippen molar-refractivity contribution in [3.05, 3.63) is 34.9 Å². The number of rotatable bonds is 5. The summed E-state index contributed by atoms with van der Waals surface area (Å²) in [7, 11) is 1.89. The zero-order valence-corrected chi connectivity index (χ0v) is 10.7. The topological polar surface area (TPSA) is 51.0 Å². The van der Waals surface area contributed by atoms with E-state index in [1.165, 1.54) is 12.1 Å². The minimum Gasteiger partial charge on any atom is -0.421 e. The van der Waals surface area contributed by atoms with Gasteiger partial charge < -0.3 is 9.73 Å². The summed E-state index contributed by atoms with van der Waals surface area (Å²) < 4.78 is 18.5. The van der Waals surface area contributed by atoms with E-state index in [0.717, 1.165) is 13.0 Å². The molecule has 1 aromatic heterocycles. The first-order chi connectivity index (χ1) is 8.70. The second-order valence-electron chi connectivity index (χ2n) is 3.84.